The van der Waals surface area contributed by atoms with Gasteiger partial charge in [-0.3, -0.25) is 19.3 Å². The highest BCUT2D eigenvalue weighted by molar-refractivity contribution is 6.05. The highest BCUT2D eigenvalue weighted by Crippen LogP contribution is 2.16. The second kappa shape index (κ2) is 4.21. The molecule has 1 unspecified atom stereocenters. The average molecular weight is 199 g/mol. The number of imide groups is 1. The number of carbonyl (C=O) groups is 3. The molecule has 78 valence electrons. The van der Waals surface area contributed by atoms with E-state index in [-0.39, 0.29) is 12.3 Å². The van der Waals surface area contributed by atoms with Gasteiger partial charge in [-0.15, -0.1) is 0 Å². The number of hydrogen-bond acceptors (Lipinski definition) is 4. The van der Waals surface area contributed by atoms with Gasteiger partial charge in [0.25, 0.3) is 5.91 Å². The maximum atomic E-state index is 11.5. The normalized spacial score (nSPS) is 21.6. The smallest absolute Gasteiger partial charge is 0.303 e. The average Bonchev–Trinajstić information content (AvgIpc) is 2.32. The van der Waals surface area contributed by atoms with Crippen LogP contribution in [-0.2, 0) is 19.1 Å². The maximum Gasteiger partial charge on any atom is 0.303 e. The summed E-state index contributed by atoms with van der Waals surface area (Å²) in [7, 11) is 0. The molecule has 1 atom stereocenters. The van der Waals surface area contributed by atoms with Crippen LogP contribution in [0.2, 0.25) is 0 Å². The molecule has 0 N–H and O–H groups in total. The summed E-state index contributed by atoms with van der Waals surface area (Å²) in [5.41, 5.74) is 0. The van der Waals surface area contributed by atoms with Crippen molar-refractivity contribution in [3.63, 3.8) is 0 Å². The second-order valence-corrected chi connectivity index (χ2v) is 3.19. The van der Waals surface area contributed by atoms with Crippen LogP contribution in [0.5, 0.6) is 0 Å². The largest absolute Gasteiger partial charge is 0.452 e. The Morgan fingerprint density at radius 1 is 1.57 bits per heavy atom. The predicted octanol–water partition coefficient (Wildman–Crippen LogP) is 0.0870. The summed E-state index contributed by atoms with van der Waals surface area (Å²) in [5, 5.41) is 0. The number of esters is 1. The molecular formula is C9H13NO4. The van der Waals surface area contributed by atoms with Crippen molar-refractivity contribution in [1.82, 2.24) is 4.90 Å². The molecule has 0 spiro atoms. The minimum absolute atomic E-state index is 0.0155. The molecule has 1 aliphatic heterocycles. The van der Waals surface area contributed by atoms with E-state index < -0.39 is 18.0 Å². The number of carbonyl (C=O) groups excluding carboxylic acids is 3. The van der Waals surface area contributed by atoms with Crippen molar-refractivity contribution in [2.75, 3.05) is 6.54 Å². The monoisotopic (exact) mass is 199 g/mol. The lowest BCUT2D eigenvalue weighted by atomic mass is 10.3. The Balaban J connectivity index is 2.64. The summed E-state index contributed by atoms with van der Waals surface area (Å²) >= 11 is 0. The molecule has 0 bridgehead atoms. The molecule has 1 saturated heterocycles. The van der Waals surface area contributed by atoms with E-state index in [0.717, 1.165) is 4.90 Å². The first-order chi connectivity index (χ1) is 6.56. The first kappa shape index (κ1) is 10.7. The summed E-state index contributed by atoms with van der Waals surface area (Å²) in [6.45, 7) is 3.50. The van der Waals surface area contributed by atoms with Gasteiger partial charge in [0, 0.05) is 13.5 Å². The Kier molecular flexibility index (Phi) is 3.22. The summed E-state index contributed by atoms with van der Waals surface area (Å²) in [6.07, 6.45) is -0.200. The fraction of sp³-hybridized carbons (Fsp3) is 0.667. The maximum absolute atomic E-state index is 11.5. The lowest BCUT2D eigenvalue weighted by molar-refractivity contribution is -0.154. The Labute approximate surface area is 82.0 Å². The number of likely N-dealkylation sites (tertiary alicyclic amines) is 1. The minimum Gasteiger partial charge on any atom is -0.452 e. The molecule has 2 amide bonds. The van der Waals surface area contributed by atoms with Crippen molar-refractivity contribution in [3.8, 4) is 0 Å². The molecule has 0 saturated carbocycles. The molecule has 0 aromatic heterocycles. The molecule has 5 heteroatoms. The highest BCUT2D eigenvalue weighted by Gasteiger charge is 2.39. The Hall–Kier alpha value is -1.39. The van der Waals surface area contributed by atoms with Crippen LogP contribution in [0.4, 0.5) is 0 Å². The quantitative estimate of drug-likeness (QED) is 0.477. The van der Waals surface area contributed by atoms with Crippen molar-refractivity contribution in [2.24, 2.45) is 0 Å². The van der Waals surface area contributed by atoms with Gasteiger partial charge < -0.3 is 4.74 Å². The Morgan fingerprint density at radius 3 is 2.71 bits per heavy atom. The van der Waals surface area contributed by atoms with Crippen LogP contribution >= 0.6 is 0 Å². The van der Waals surface area contributed by atoms with E-state index in [4.69, 9.17) is 4.74 Å². The van der Waals surface area contributed by atoms with Gasteiger partial charge >= 0.3 is 5.97 Å². The fourth-order valence-corrected chi connectivity index (χ4v) is 1.40. The lowest BCUT2D eigenvalue weighted by Crippen LogP contribution is -2.33. The zero-order chi connectivity index (χ0) is 10.7. The third kappa shape index (κ3) is 2.10. The standard InChI is InChI=1S/C9H13NO4/c1-3-4-10-8(12)5-7(9(10)13)14-6(2)11/h7H,3-5H2,1-2H3. The second-order valence-electron chi connectivity index (χ2n) is 3.19. The molecule has 0 aromatic rings. The highest BCUT2D eigenvalue weighted by atomic mass is 16.5. The minimum atomic E-state index is -0.897. The first-order valence-corrected chi connectivity index (χ1v) is 4.57. The van der Waals surface area contributed by atoms with Gasteiger partial charge in [0.05, 0.1) is 6.42 Å². The van der Waals surface area contributed by atoms with Gasteiger partial charge in [0.1, 0.15) is 0 Å². The summed E-state index contributed by atoms with van der Waals surface area (Å²) in [4.78, 5) is 34.5. The molecule has 5 nitrogen and oxygen atoms in total. The first-order valence-electron chi connectivity index (χ1n) is 4.57. The van der Waals surface area contributed by atoms with E-state index in [1.807, 2.05) is 6.92 Å². The van der Waals surface area contributed by atoms with Gasteiger partial charge in [-0.05, 0) is 6.42 Å². The number of rotatable bonds is 3. The predicted molar refractivity (Wildman–Crippen MR) is 47.2 cm³/mol. The van der Waals surface area contributed by atoms with Gasteiger partial charge in [-0.1, -0.05) is 6.92 Å². The lowest BCUT2D eigenvalue weighted by Gasteiger charge is -2.12. The van der Waals surface area contributed by atoms with Crippen LogP contribution in [-0.4, -0.2) is 35.3 Å². The molecule has 1 aliphatic rings. The number of nitrogens with zero attached hydrogens (tertiary/aromatic N) is 1. The molecule has 1 fully saturated rings. The number of amides is 2. The molecule has 0 radical (unpaired) electrons. The van der Waals surface area contributed by atoms with Crippen molar-refractivity contribution in [2.45, 2.75) is 32.8 Å². The van der Waals surface area contributed by atoms with E-state index in [9.17, 15) is 14.4 Å². The SMILES string of the molecule is CCCN1C(=O)CC(OC(C)=O)C1=O. The zero-order valence-electron chi connectivity index (χ0n) is 8.28. The molecule has 0 aliphatic carbocycles. The van der Waals surface area contributed by atoms with Gasteiger partial charge in [0.15, 0.2) is 6.10 Å². The Bertz CT molecular complexity index is 274. The van der Waals surface area contributed by atoms with E-state index in [1.54, 1.807) is 0 Å². The van der Waals surface area contributed by atoms with Gasteiger partial charge in [-0.2, -0.15) is 0 Å². The van der Waals surface area contributed by atoms with E-state index in [0.29, 0.717) is 13.0 Å². The summed E-state index contributed by atoms with van der Waals surface area (Å²) in [6, 6.07) is 0. The molecular weight excluding hydrogens is 186 g/mol. The van der Waals surface area contributed by atoms with Crippen molar-refractivity contribution >= 4 is 17.8 Å². The van der Waals surface area contributed by atoms with Crippen LogP contribution in [0.25, 0.3) is 0 Å². The van der Waals surface area contributed by atoms with E-state index in [1.165, 1.54) is 6.92 Å². The molecule has 1 heterocycles. The van der Waals surface area contributed by atoms with Crippen molar-refractivity contribution < 1.29 is 19.1 Å². The molecule has 14 heavy (non-hydrogen) atoms. The topological polar surface area (TPSA) is 63.7 Å². The molecule has 0 aromatic carbocycles. The third-order valence-electron chi connectivity index (χ3n) is 1.96. The van der Waals surface area contributed by atoms with E-state index in [2.05, 4.69) is 0 Å². The van der Waals surface area contributed by atoms with Gasteiger partial charge in [0.2, 0.25) is 5.91 Å². The van der Waals surface area contributed by atoms with Crippen LogP contribution in [0.1, 0.15) is 26.7 Å². The fourth-order valence-electron chi connectivity index (χ4n) is 1.40. The van der Waals surface area contributed by atoms with E-state index >= 15 is 0 Å². The van der Waals surface area contributed by atoms with Crippen molar-refractivity contribution in [3.05, 3.63) is 0 Å². The van der Waals surface area contributed by atoms with Crippen LogP contribution < -0.4 is 0 Å². The number of ether oxygens (including phenoxy) is 1. The van der Waals surface area contributed by atoms with Crippen molar-refractivity contribution in [1.29, 1.82) is 0 Å². The summed E-state index contributed by atoms with van der Waals surface area (Å²) < 4.78 is 4.72. The van der Waals surface area contributed by atoms with Crippen LogP contribution in [0.15, 0.2) is 0 Å². The Morgan fingerprint density at radius 2 is 2.21 bits per heavy atom. The summed E-state index contributed by atoms with van der Waals surface area (Å²) in [5.74, 6) is -1.19. The van der Waals surface area contributed by atoms with Crippen LogP contribution in [0, 0.1) is 0 Å². The molecule has 1 rings (SSSR count). The van der Waals surface area contributed by atoms with Crippen LogP contribution in [0.3, 0.4) is 0 Å². The zero-order valence-corrected chi connectivity index (χ0v) is 8.28. The third-order valence-corrected chi connectivity index (χ3v) is 1.96. The number of hydrogen-bond donors (Lipinski definition) is 0. The van der Waals surface area contributed by atoms with Gasteiger partial charge in [-0.25, -0.2) is 0 Å².